The molecule has 1 aliphatic heterocycles. The smallest absolute Gasteiger partial charge is 0.330 e. The Morgan fingerprint density at radius 1 is 1.42 bits per heavy atom. The first-order valence-corrected chi connectivity index (χ1v) is 7.10. The molecule has 9 heteroatoms. The summed E-state index contributed by atoms with van der Waals surface area (Å²) in [4.78, 5) is 47.7. The number of carbonyl (C=O) groups excluding carboxylic acids is 2. The number of hydrogen-bond donors (Lipinski definition) is 1. The fourth-order valence-electron chi connectivity index (χ4n) is 2.36. The number of aromatic nitrogens is 2. The number of ether oxygens (including phenoxy) is 3. The second-order valence-corrected chi connectivity index (χ2v) is 5.17. The van der Waals surface area contributed by atoms with Crippen LogP contribution in [0, 0.1) is 12.3 Å². The van der Waals surface area contributed by atoms with E-state index in [2.05, 4.69) is 10.9 Å². The molecule has 9 nitrogen and oxygen atoms in total. The predicted molar refractivity (Wildman–Crippen MR) is 80.0 cm³/mol. The summed E-state index contributed by atoms with van der Waals surface area (Å²) in [6.45, 7) is 2.33. The lowest BCUT2D eigenvalue weighted by atomic mass is 10.2. The quantitative estimate of drug-likeness (QED) is 0.571. The number of nitrogens with one attached hydrogen (secondary N) is 1. The van der Waals surface area contributed by atoms with Crippen molar-refractivity contribution in [3.63, 3.8) is 0 Å². The normalized spacial score (nSPS) is 22.6. The van der Waals surface area contributed by atoms with E-state index >= 15 is 0 Å². The molecule has 24 heavy (non-hydrogen) atoms. The first kappa shape index (κ1) is 17.5. The molecular formula is C15H16N2O7. The summed E-state index contributed by atoms with van der Waals surface area (Å²) >= 11 is 0. The van der Waals surface area contributed by atoms with Crippen LogP contribution in [0.1, 0.15) is 32.1 Å². The Labute approximate surface area is 136 Å². The number of nitrogens with zero attached hydrogens (tertiary/aromatic N) is 1. The van der Waals surface area contributed by atoms with Crippen molar-refractivity contribution in [2.75, 3.05) is 6.61 Å². The van der Waals surface area contributed by atoms with Crippen molar-refractivity contribution in [3.05, 3.63) is 32.6 Å². The first-order valence-electron chi connectivity index (χ1n) is 7.10. The average Bonchev–Trinajstić information content (AvgIpc) is 2.87. The summed E-state index contributed by atoms with van der Waals surface area (Å²) in [7, 11) is 0. The van der Waals surface area contributed by atoms with E-state index in [-0.39, 0.29) is 18.6 Å². The van der Waals surface area contributed by atoms with Gasteiger partial charge in [-0.15, -0.1) is 6.42 Å². The Bertz CT molecular complexity index is 801. The summed E-state index contributed by atoms with van der Waals surface area (Å²) in [5.41, 5.74) is -1.42. The second-order valence-electron chi connectivity index (χ2n) is 5.17. The lowest BCUT2D eigenvalue weighted by molar-refractivity contribution is -0.155. The molecule has 128 valence electrons. The fraction of sp³-hybridized carbons (Fsp3) is 0.467. The zero-order valence-electron chi connectivity index (χ0n) is 13.1. The topological polar surface area (TPSA) is 117 Å². The Kier molecular flexibility index (Phi) is 5.21. The van der Waals surface area contributed by atoms with Crippen LogP contribution in [-0.4, -0.2) is 40.3 Å². The average molecular weight is 336 g/mol. The van der Waals surface area contributed by atoms with Gasteiger partial charge in [0.25, 0.3) is 5.56 Å². The van der Waals surface area contributed by atoms with Crippen LogP contribution in [0.15, 0.2) is 15.8 Å². The molecule has 0 unspecified atom stereocenters. The fourth-order valence-corrected chi connectivity index (χ4v) is 2.36. The van der Waals surface area contributed by atoms with E-state index in [1.165, 1.54) is 20.0 Å². The van der Waals surface area contributed by atoms with Crippen molar-refractivity contribution in [1.29, 1.82) is 0 Å². The van der Waals surface area contributed by atoms with Gasteiger partial charge < -0.3 is 14.2 Å². The summed E-state index contributed by atoms with van der Waals surface area (Å²) in [6, 6.07) is 0. The van der Waals surface area contributed by atoms with E-state index in [4.69, 9.17) is 20.6 Å². The Balaban J connectivity index is 2.27. The second kappa shape index (κ2) is 7.14. The van der Waals surface area contributed by atoms with Gasteiger partial charge in [0.2, 0.25) is 0 Å². The number of esters is 2. The van der Waals surface area contributed by atoms with E-state index in [0.717, 1.165) is 4.57 Å². The van der Waals surface area contributed by atoms with Crippen molar-refractivity contribution in [2.45, 2.75) is 38.7 Å². The molecule has 1 aromatic heterocycles. The minimum atomic E-state index is -0.827. The van der Waals surface area contributed by atoms with Crippen LogP contribution >= 0.6 is 0 Å². The van der Waals surface area contributed by atoms with Gasteiger partial charge >= 0.3 is 17.6 Å². The SMILES string of the molecule is C#Cc1cn([C@H]2C[C@H](OC(C)=O)[C@@H](COC(C)=O)O2)c(=O)[nH]c1=O. The molecule has 0 bridgehead atoms. The van der Waals surface area contributed by atoms with Crippen molar-refractivity contribution in [3.8, 4) is 12.3 Å². The third-order valence-electron chi connectivity index (χ3n) is 3.38. The largest absolute Gasteiger partial charge is 0.463 e. The molecule has 0 spiro atoms. The molecule has 0 radical (unpaired) electrons. The summed E-state index contributed by atoms with van der Waals surface area (Å²) in [5, 5.41) is 0. The Morgan fingerprint density at radius 3 is 2.71 bits per heavy atom. The molecule has 0 saturated carbocycles. The van der Waals surface area contributed by atoms with Gasteiger partial charge in [0.15, 0.2) is 0 Å². The maximum atomic E-state index is 12.0. The first-order chi connectivity index (χ1) is 11.3. The summed E-state index contributed by atoms with van der Waals surface area (Å²) in [6.07, 6.45) is 4.28. The van der Waals surface area contributed by atoms with E-state index < -0.39 is 41.6 Å². The van der Waals surface area contributed by atoms with Crippen LogP contribution in [0.3, 0.4) is 0 Å². The highest BCUT2D eigenvalue weighted by molar-refractivity contribution is 5.66. The van der Waals surface area contributed by atoms with E-state index in [1.54, 1.807) is 0 Å². The van der Waals surface area contributed by atoms with Gasteiger partial charge in [-0.05, 0) is 0 Å². The van der Waals surface area contributed by atoms with Crippen LogP contribution in [0.5, 0.6) is 0 Å². The van der Waals surface area contributed by atoms with Gasteiger partial charge in [0, 0.05) is 26.5 Å². The molecule has 2 heterocycles. The van der Waals surface area contributed by atoms with Crippen LogP contribution < -0.4 is 11.2 Å². The van der Waals surface area contributed by atoms with E-state index in [9.17, 15) is 19.2 Å². The van der Waals surface area contributed by atoms with E-state index in [0.29, 0.717) is 0 Å². The third kappa shape index (κ3) is 3.91. The zero-order valence-corrected chi connectivity index (χ0v) is 13.1. The van der Waals surface area contributed by atoms with Crippen molar-refractivity contribution in [1.82, 2.24) is 9.55 Å². The Hall–Kier alpha value is -2.86. The summed E-state index contributed by atoms with van der Waals surface area (Å²) < 4.78 is 16.8. The number of H-pyrrole nitrogens is 1. The van der Waals surface area contributed by atoms with Gasteiger partial charge in [-0.2, -0.15) is 0 Å². The van der Waals surface area contributed by atoms with Crippen LogP contribution in [0.2, 0.25) is 0 Å². The van der Waals surface area contributed by atoms with Crippen molar-refractivity contribution >= 4 is 11.9 Å². The minimum absolute atomic E-state index is 0.0364. The molecule has 3 atom stereocenters. The zero-order chi connectivity index (χ0) is 17.9. The molecule has 0 aromatic carbocycles. The molecule has 1 aromatic rings. The lowest BCUT2D eigenvalue weighted by Crippen LogP contribution is -2.33. The van der Waals surface area contributed by atoms with Crippen LogP contribution in [0.25, 0.3) is 0 Å². The molecule has 2 rings (SSSR count). The number of hydrogen-bond acceptors (Lipinski definition) is 7. The summed E-state index contributed by atoms with van der Waals surface area (Å²) in [5.74, 6) is 1.12. The van der Waals surface area contributed by atoms with E-state index in [1.807, 2.05) is 0 Å². The molecule has 0 amide bonds. The highest BCUT2D eigenvalue weighted by atomic mass is 16.6. The predicted octanol–water partition coefficient (Wildman–Crippen LogP) is -0.700. The number of rotatable bonds is 4. The molecule has 1 aliphatic rings. The Morgan fingerprint density at radius 2 is 2.12 bits per heavy atom. The van der Waals surface area contributed by atoms with Crippen molar-refractivity contribution in [2.24, 2.45) is 0 Å². The minimum Gasteiger partial charge on any atom is -0.463 e. The molecule has 1 fully saturated rings. The van der Waals surface area contributed by atoms with Crippen LogP contribution in [0.4, 0.5) is 0 Å². The van der Waals surface area contributed by atoms with Gasteiger partial charge in [-0.3, -0.25) is 23.9 Å². The van der Waals surface area contributed by atoms with Crippen LogP contribution in [-0.2, 0) is 23.8 Å². The van der Waals surface area contributed by atoms with Gasteiger partial charge in [0.05, 0.1) is 0 Å². The lowest BCUT2D eigenvalue weighted by Gasteiger charge is -2.17. The van der Waals surface area contributed by atoms with Gasteiger partial charge in [0.1, 0.15) is 30.6 Å². The highest BCUT2D eigenvalue weighted by Crippen LogP contribution is 2.30. The monoisotopic (exact) mass is 336 g/mol. The standard InChI is InChI=1S/C15H16N2O7/c1-4-10-6-17(15(21)16-14(10)20)13-5-11(23-9(3)19)12(24-13)7-22-8(2)18/h1,6,11-13H,5,7H2,2-3H3,(H,16,20,21)/t11-,12+,13+/m0/s1. The molecule has 1 saturated heterocycles. The molecule has 1 N–H and O–H groups in total. The number of terminal acetylenes is 1. The number of aromatic amines is 1. The maximum absolute atomic E-state index is 12.0. The maximum Gasteiger partial charge on any atom is 0.330 e. The number of carbonyl (C=O) groups is 2. The van der Waals surface area contributed by atoms with Crippen molar-refractivity contribution < 1.29 is 23.8 Å². The van der Waals surface area contributed by atoms with Gasteiger partial charge in [-0.1, -0.05) is 5.92 Å². The molecule has 0 aliphatic carbocycles. The van der Waals surface area contributed by atoms with Gasteiger partial charge in [-0.25, -0.2) is 4.79 Å². The third-order valence-corrected chi connectivity index (χ3v) is 3.38. The highest BCUT2D eigenvalue weighted by Gasteiger charge is 2.39. The molecular weight excluding hydrogens is 320 g/mol.